The number of nitrogens with one attached hydrogen (secondary N) is 1. The Labute approximate surface area is 89.4 Å². The van der Waals surface area contributed by atoms with Crippen LogP contribution < -0.4 is 10.1 Å². The molecule has 0 saturated heterocycles. The fourth-order valence-corrected chi connectivity index (χ4v) is 0.966. The van der Waals surface area contributed by atoms with Gasteiger partial charge in [-0.1, -0.05) is 0 Å². The molecule has 1 heterocycles. The molecule has 0 spiro atoms. The smallest absolute Gasteiger partial charge is 0.471 e. The first-order valence-corrected chi connectivity index (χ1v) is 4.23. The molecule has 0 aliphatic heterocycles. The number of alkyl halides is 3. The predicted molar refractivity (Wildman–Crippen MR) is 50.2 cm³/mol. The molecule has 0 aliphatic carbocycles. The van der Waals surface area contributed by atoms with Gasteiger partial charge < -0.3 is 10.1 Å². The lowest BCUT2D eigenvalue weighted by Crippen LogP contribution is -2.30. The third-order valence-electron chi connectivity index (χ3n) is 1.80. The van der Waals surface area contributed by atoms with Crippen molar-refractivity contribution in [3.8, 4) is 5.88 Å². The summed E-state index contributed by atoms with van der Waals surface area (Å²) in [5, 5.41) is 1.72. The Hall–Kier alpha value is -1.79. The average Bonchev–Trinajstić information content (AvgIpc) is 2.19. The molecule has 0 atom stereocenters. The summed E-state index contributed by atoms with van der Waals surface area (Å²) in [6.07, 6.45) is -3.80. The molecule has 1 aromatic heterocycles. The zero-order valence-electron chi connectivity index (χ0n) is 8.55. The minimum atomic E-state index is -4.91. The summed E-state index contributed by atoms with van der Waals surface area (Å²) in [5.41, 5.74) is 0.438. The second kappa shape index (κ2) is 4.38. The van der Waals surface area contributed by atoms with E-state index in [0.29, 0.717) is 5.56 Å². The first-order chi connectivity index (χ1) is 7.34. The molecule has 0 aromatic carbocycles. The normalized spacial score (nSPS) is 11.1. The molecule has 0 fully saturated rings. The van der Waals surface area contributed by atoms with Crippen LogP contribution in [0.25, 0.3) is 0 Å². The van der Waals surface area contributed by atoms with E-state index in [-0.39, 0.29) is 11.6 Å². The van der Waals surface area contributed by atoms with Crippen LogP contribution in [0.1, 0.15) is 5.56 Å². The number of aromatic nitrogens is 1. The highest BCUT2D eigenvalue weighted by atomic mass is 19.4. The van der Waals surface area contributed by atoms with Gasteiger partial charge >= 0.3 is 12.1 Å². The Morgan fingerprint density at radius 2 is 2.12 bits per heavy atom. The second-order valence-electron chi connectivity index (χ2n) is 2.99. The van der Waals surface area contributed by atoms with Crippen molar-refractivity contribution >= 4 is 11.6 Å². The molecule has 16 heavy (non-hydrogen) atoms. The van der Waals surface area contributed by atoms with E-state index in [1.54, 1.807) is 5.32 Å². The molecule has 1 amide bonds. The molecule has 1 N–H and O–H groups in total. The quantitative estimate of drug-likeness (QED) is 0.850. The Balaban J connectivity index is 2.87. The fourth-order valence-electron chi connectivity index (χ4n) is 0.966. The highest BCUT2D eigenvalue weighted by molar-refractivity contribution is 5.95. The maximum atomic E-state index is 12.0. The number of rotatable bonds is 2. The fraction of sp³-hybridized carbons (Fsp3) is 0.333. The average molecular weight is 234 g/mol. The number of pyridine rings is 1. The summed E-state index contributed by atoms with van der Waals surface area (Å²) in [7, 11) is 1.38. The molecule has 1 aromatic rings. The van der Waals surface area contributed by atoms with Crippen LogP contribution in [-0.2, 0) is 4.79 Å². The minimum absolute atomic E-state index is 0.00289. The number of nitrogens with zero attached hydrogens (tertiary/aromatic N) is 1. The summed E-state index contributed by atoms with van der Waals surface area (Å²) < 4.78 is 40.6. The van der Waals surface area contributed by atoms with Gasteiger partial charge in [-0.25, -0.2) is 4.98 Å². The molecular weight excluding hydrogens is 225 g/mol. The summed E-state index contributed by atoms with van der Waals surface area (Å²) in [6, 6.07) is 1.42. The topological polar surface area (TPSA) is 51.2 Å². The molecule has 0 unspecified atom stereocenters. The molecule has 7 heteroatoms. The molecule has 0 radical (unpaired) electrons. The molecule has 0 bridgehead atoms. The zero-order valence-corrected chi connectivity index (χ0v) is 8.55. The first kappa shape index (κ1) is 12.3. The third-order valence-corrected chi connectivity index (χ3v) is 1.80. The van der Waals surface area contributed by atoms with Crippen LogP contribution in [0.3, 0.4) is 0 Å². The van der Waals surface area contributed by atoms with Gasteiger partial charge in [0.15, 0.2) is 0 Å². The van der Waals surface area contributed by atoms with E-state index < -0.39 is 12.1 Å². The summed E-state index contributed by atoms with van der Waals surface area (Å²) in [4.78, 5) is 14.3. The molecule has 0 saturated carbocycles. The molecule has 1 rings (SSSR count). The summed E-state index contributed by atoms with van der Waals surface area (Å²) in [6.45, 7) is 1.54. The lowest BCUT2D eigenvalue weighted by molar-refractivity contribution is -0.167. The van der Waals surface area contributed by atoms with E-state index in [2.05, 4.69) is 4.98 Å². The van der Waals surface area contributed by atoms with Crippen molar-refractivity contribution < 1.29 is 22.7 Å². The number of amides is 1. The van der Waals surface area contributed by atoms with Gasteiger partial charge in [-0.15, -0.1) is 0 Å². The van der Waals surface area contributed by atoms with Crippen LogP contribution in [0.5, 0.6) is 5.88 Å². The predicted octanol–water partition coefficient (Wildman–Crippen LogP) is 1.90. The van der Waals surface area contributed by atoms with Crippen molar-refractivity contribution in [2.24, 2.45) is 0 Å². The Morgan fingerprint density at radius 3 is 2.56 bits per heavy atom. The van der Waals surface area contributed by atoms with Crippen LogP contribution in [0, 0.1) is 6.92 Å². The van der Waals surface area contributed by atoms with E-state index in [4.69, 9.17) is 4.74 Å². The molecule has 88 valence electrons. The van der Waals surface area contributed by atoms with E-state index in [0.717, 1.165) is 6.20 Å². The van der Waals surface area contributed by atoms with Crippen molar-refractivity contribution in [3.05, 3.63) is 17.8 Å². The van der Waals surface area contributed by atoms with Gasteiger partial charge in [-0.3, -0.25) is 4.79 Å². The number of anilines is 1. The third kappa shape index (κ3) is 2.85. The lowest BCUT2D eigenvalue weighted by Gasteiger charge is -2.10. The van der Waals surface area contributed by atoms with E-state index in [9.17, 15) is 18.0 Å². The molecule has 4 nitrogen and oxygen atoms in total. The highest BCUT2D eigenvalue weighted by Gasteiger charge is 2.38. The number of aryl methyl sites for hydroxylation is 1. The van der Waals surface area contributed by atoms with Gasteiger partial charge in [0.1, 0.15) is 0 Å². The maximum Gasteiger partial charge on any atom is 0.471 e. The van der Waals surface area contributed by atoms with Gasteiger partial charge in [0.05, 0.1) is 19.0 Å². The van der Waals surface area contributed by atoms with E-state index >= 15 is 0 Å². The van der Waals surface area contributed by atoms with Gasteiger partial charge in [-0.05, 0) is 12.5 Å². The van der Waals surface area contributed by atoms with E-state index in [1.165, 1.54) is 20.1 Å². The zero-order chi connectivity index (χ0) is 12.3. The van der Waals surface area contributed by atoms with Gasteiger partial charge in [0, 0.05) is 6.07 Å². The molecule has 0 aliphatic rings. The second-order valence-corrected chi connectivity index (χ2v) is 2.99. The number of carbonyl (C=O) groups is 1. The van der Waals surface area contributed by atoms with Crippen LogP contribution >= 0.6 is 0 Å². The summed E-state index contributed by atoms with van der Waals surface area (Å²) >= 11 is 0. The van der Waals surface area contributed by atoms with E-state index in [1.807, 2.05) is 0 Å². The van der Waals surface area contributed by atoms with Crippen molar-refractivity contribution in [2.75, 3.05) is 12.4 Å². The van der Waals surface area contributed by atoms with Crippen molar-refractivity contribution in [1.82, 2.24) is 4.98 Å². The maximum absolute atomic E-state index is 12.0. The Bertz CT molecular complexity index is 404. The first-order valence-electron chi connectivity index (χ1n) is 4.23. The van der Waals surface area contributed by atoms with Crippen LogP contribution in [0.2, 0.25) is 0 Å². The largest absolute Gasteiger partial charge is 0.481 e. The van der Waals surface area contributed by atoms with Crippen molar-refractivity contribution in [2.45, 2.75) is 13.1 Å². The van der Waals surface area contributed by atoms with Crippen LogP contribution in [0.15, 0.2) is 12.3 Å². The van der Waals surface area contributed by atoms with Crippen LogP contribution in [-0.4, -0.2) is 24.2 Å². The SMILES string of the molecule is COc1cc(C)c(NC(=O)C(F)(F)F)cn1. The Morgan fingerprint density at radius 1 is 1.50 bits per heavy atom. The number of methoxy groups -OCH3 is 1. The molecular formula is C9H9F3N2O2. The number of hydrogen-bond donors (Lipinski definition) is 1. The number of hydrogen-bond acceptors (Lipinski definition) is 3. The summed E-state index contributed by atoms with van der Waals surface area (Å²) in [5.74, 6) is -1.76. The standard InChI is InChI=1S/C9H9F3N2O2/c1-5-3-7(16-2)13-4-6(5)14-8(15)9(10,11)12/h3-4H,1-2H3,(H,14,15). The van der Waals surface area contributed by atoms with Gasteiger partial charge in [0.25, 0.3) is 0 Å². The number of ether oxygens (including phenoxy) is 1. The Kier molecular flexibility index (Phi) is 3.36. The highest BCUT2D eigenvalue weighted by Crippen LogP contribution is 2.21. The van der Waals surface area contributed by atoms with Gasteiger partial charge in [-0.2, -0.15) is 13.2 Å². The minimum Gasteiger partial charge on any atom is -0.481 e. The van der Waals surface area contributed by atoms with Crippen molar-refractivity contribution in [1.29, 1.82) is 0 Å². The lowest BCUT2D eigenvalue weighted by atomic mass is 10.2. The van der Waals surface area contributed by atoms with Crippen molar-refractivity contribution in [3.63, 3.8) is 0 Å². The number of halogens is 3. The van der Waals surface area contributed by atoms with Gasteiger partial charge in [0.2, 0.25) is 5.88 Å². The van der Waals surface area contributed by atoms with Crippen LogP contribution in [0.4, 0.5) is 18.9 Å². The monoisotopic (exact) mass is 234 g/mol. The number of carbonyl (C=O) groups excluding carboxylic acids is 1.